The number of nitrogens with one attached hydrogen (secondary N) is 1. The van der Waals surface area contributed by atoms with Gasteiger partial charge in [-0.3, -0.25) is 0 Å². The molecule has 3 nitrogen and oxygen atoms in total. The average Bonchev–Trinajstić information content (AvgIpc) is 2.78. The monoisotopic (exact) mass is 295 g/mol. The topological polar surface area (TPSA) is 37.8 Å². The summed E-state index contributed by atoms with van der Waals surface area (Å²) in [4.78, 5) is 0. The zero-order chi connectivity index (χ0) is 13.2. The van der Waals surface area contributed by atoms with Crippen LogP contribution in [0.3, 0.4) is 0 Å². The number of hydrogen-bond acceptors (Lipinski definition) is 4. The molecule has 5 heteroatoms. The van der Waals surface area contributed by atoms with Crippen LogP contribution in [0.2, 0.25) is 5.02 Å². The molecule has 1 aromatic heterocycles. The van der Waals surface area contributed by atoms with Crippen LogP contribution in [-0.2, 0) is 0 Å². The van der Waals surface area contributed by atoms with Gasteiger partial charge >= 0.3 is 0 Å². The van der Waals surface area contributed by atoms with Crippen LogP contribution in [0.25, 0.3) is 11.0 Å². The number of anilines is 1. The Morgan fingerprint density at radius 1 is 1.21 bits per heavy atom. The van der Waals surface area contributed by atoms with Crippen LogP contribution in [0.4, 0.5) is 5.69 Å². The van der Waals surface area contributed by atoms with E-state index in [1.165, 1.54) is 43.8 Å². The van der Waals surface area contributed by atoms with Crippen molar-refractivity contribution in [2.75, 3.05) is 5.32 Å². The van der Waals surface area contributed by atoms with E-state index in [9.17, 15) is 0 Å². The van der Waals surface area contributed by atoms with Crippen molar-refractivity contribution in [3.63, 3.8) is 0 Å². The van der Waals surface area contributed by atoms with E-state index >= 15 is 0 Å². The van der Waals surface area contributed by atoms with Crippen LogP contribution >= 0.6 is 23.3 Å². The van der Waals surface area contributed by atoms with E-state index in [2.05, 4.69) is 21.0 Å². The first-order valence-electron chi connectivity index (χ1n) is 6.91. The molecule has 0 aliphatic heterocycles. The molecule has 0 spiro atoms. The molecule has 1 aromatic carbocycles. The molecule has 1 heterocycles. The third kappa shape index (κ3) is 2.84. The summed E-state index contributed by atoms with van der Waals surface area (Å²) in [6, 6.07) is 4.35. The van der Waals surface area contributed by atoms with Gasteiger partial charge in [0.25, 0.3) is 0 Å². The maximum atomic E-state index is 6.32. The highest BCUT2D eigenvalue weighted by atomic mass is 35.5. The predicted molar refractivity (Wildman–Crippen MR) is 82.1 cm³/mol. The summed E-state index contributed by atoms with van der Waals surface area (Å²) in [6.07, 6.45) is 6.36. The highest BCUT2D eigenvalue weighted by Crippen LogP contribution is 2.33. The van der Waals surface area contributed by atoms with Crippen molar-refractivity contribution in [3.05, 3.63) is 17.2 Å². The molecule has 102 valence electrons. The number of benzene rings is 1. The van der Waals surface area contributed by atoms with Crippen LogP contribution in [0, 0.1) is 5.92 Å². The first kappa shape index (κ1) is 13.1. The summed E-state index contributed by atoms with van der Waals surface area (Å²) >= 11 is 7.57. The van der Waals surface area contributed by atoms with Gasteiger partial charge in [-0.25, -0.2) is 0 Å². The highest BCUT2D eigenvalue weighted by Gasteiger charge is 2.18. The standard InChI is InChI=1S/C14H18ClN3S/c1-9-3-2-4-10(6-5-9)16-13-11(15)7-8-12-14(13)18-19-17-12/h7-10,16H,2-6H2,1H3. The smallest absolute Gasteiger partial charge is 0.129 e. The minimum atomic E-state index is 0.509. The fourth-order valence-electron chi connectivity index (χ4n) is 2.80. The molecule has 2 atom stereocenters. The Balaban J connectivity index is 1.84. The SMILES string of the molecule is CC1CCCC(Nc2c(Cl)ccc3nsnc23)CC1. The van der Waals surface area contributed by atoms with Gasteiger partial charge in [0, 0.05) is 6.04 Å². The Morgan fingerprint density at radius 2 is 2.11 bits per heavy atom. The fourth-order valence-corrected chi connectivity index (χ4v) is 3.55. The Bertz CT molecular complexity index is 569. The molecule has 1 fully saturated rings. The molecule has 1 saturated carbocycles. The largest absolute Gasteiger partial charge is 0.379 e. The molecule has 2 aromatic rings. The van der Waals surface area contributed by atoms with Crippen LogP contribution < -0.4 is 5.32 Å². The quantitative estimate of drug-likeness (QED) is 0.814. The summed E-state index contributed by atoms with van der Waals surface area (Å²) in [5, 5.41) is 4.36. The van der Waals surface area contributed by atoms with E-state index in [0.717, 1.165) is 27.7 Å². The van der Waals surface area contributed by atoms with Crippen molar-refractivity contribution in [3.8, 4) is 0 Å². The lowest BCUT2D eigenvalue weighted by Gasteiger charge is -2.18. The van der Waals surface area contributed by atoms with Crippen LogP contribution in [0.15, 0.2) is 12.1 Å². The maximum Gasteiger partial charge on any atom is 0.129 e. The van der Waals surface area contributed by atoms with E-state index in [1.807, 2.05) is 12.1 Å². The molecule has 0 saturated heterocycles. The molecule has 0 bridgehead atoms. The summed E-state index contributed by atoms with van der Waals surface area (Å²) in [6.45, 7) is 2.35. The van der Waals surface area contributed by atoms with Gasteiger partial charge in [-0.2, -0.15) is 8.75 Å². The molecule has 1 aliphatic carbocycles. The molecule has 0 radical (unpaired) electrons. The fraction of sp³-hybridized carbons (Fsp3) is 0.571. The second-order valence-electron chi connectivity index (χ2n) is 5.51. The van der Waals surface area contributed by atoms with E-state index in [0.29, 0.717) is 6.04 Å². The van der Waals surface area contributed by atoms with Crippen LogP contribution in [0.5, 0.6) is 0 Å². The first-order chi connectivity index (χ1) is 9.24. The summed E-state index contributed by atoms with van der Waals surface area (Å²) in [5.74, 6) is 0.846. The van der Waals surface area contributed by atoms with Crippen LogP contribution in [0.1, 0.15) is 39.0 Å². The molecule has 0 amide bonds. The van der Waals surface area contributed by atoms with E-state index in [-0.39, 0.29) is 0 Å². The van der Waals surface area contributed by atoms with Crippen molar-refractivity contribution in [2.24, 2.45) is 5.92 Å². The predicted octanol–water partition coefficient (Wildman–Crippen LogP) is 4.73. The Hall–Kier alpha value is -0.870. The van der Waals surface area contributed by atoms with Crippen molar-refractivity contribution >= 4 is 40.0 Å². The van der Waals surface area contributed by atoms with Gasteiger partial charge in [-0.15, -0.1) is 0 Å². The van der Waals surface area contributed by atoms with E-state index in [1.54, 1.807) is 0 Å². The minimum absolute atomic E-state index is 0.509. The van der Waals surface area contributed by atoms with E-state index in [4.69, 9.17) is 11.6 Å². The number of rotatable bonds is 2. The number of nitrogens with zero attached hydrogens (tertiary/aromatic N) is 2. The highest BCUT2D eigenvalue weighted by molar-refractivity contribution is 7.00. The molecule has 3 rings (SSSR count). The van der Waals surface area contributed by atoms with Gasteiger partial charge < -0.3 is 5.32 Å². The second-order valence-corrected chi connectivity index (χ2v) is 6.44. The number of halogens is 1. The number of fused-ring (bicyclic) bond motifs is 1. The van der Waals surface area contributed by atoms with E-state index < -0.39 is 0 Å². The lowest BCUT2D eigenvalue weighted by Crippen LogP contribution is -2.18. The average molecular weight is 296 g/mol. The van der Waals surface area contributed by atoms with Gasteiger partial charge in [0.05, 0.1) is 22.4 Å². The molecular weight excluding hydrogens is 278 g/mol. The zero-order valence-electron chi connectivity index (χ0n) is 11.0. The number of aromatic nitrogens is 2. The summed E-state index contributed by atoms with van der Waals surface area (Å²) in [5.41, 5.74) is 2.81. The lowest BCUT2D eigenvalue weighted by atomic mass is 10.0. The molecule has 2 unspecified atom stereocenters. The second kappa shape index (κ2) is 5.63. The Kier molecular flexibility index (Phi) is 3.89. The normalized spacial score (nSPS) is 24.3. The summed E-state index contributed by atoms with van der Waals surface area (Å²) < 4.78 is 8.64. The first-order valence-corrected chi connectivity index (χ1v) is 8.02. The minimum Gasteiger partial charge on any atom is -0.379 e. The number of hydrogen-bond donors (Lipinski definition) is 1. The van der Waals surface area contributed by atoms with Crippen molar-refractivity contribution in [1.82, 2.24) is 8.75 Å². The van der Waals surface area contributed by atoms with Crippen molar-refractivity contribution in [2.45, 2.75) is 45.1 Å². The lowest BCUT2D eigenvalue weighted by molar-refractivity contribution is 0.502. The van der Waals surface area contributed by atoms with Gasteiger partial charge in [0.2, 0.25) is 0 Å². The molecule has 1 aliphatic rings. The van der Waals surface area contributed by atoms with Gasteiger partial charge in [0.1, 0.15) is 11.0 Å². The van der Waals surface area contributed by atoms with Crippen LogP contribution in [-0.4, -0.2) is 14.8 Å². The zero-order valence-corrected chi connectivity index (χ0v) is 12.6. The maximum absolute atomic E-state index is 6.32. The summed E-state index contributed by atoms with van der Waals surface area (Å²) in [7, 11) is 0. The third-order valence-electron chi connectivity index (χ3n) is 3.98. The van der Waals surface area contributed by atoms with Gasteiger partial charge in [0.15, 0.2) is 0 Å². The van der Waals surface area contributed by atoms with Crippen molar-refractivity contribution < 1.29 is 0 Å². The van der Waals surface area contributed by atoms with Crippen molar-refractivity contribution in [1.29, 1.82) is 0 Å². The molecule has 1 N–H and O–H groups in total. The Labute approximate surface area is 122 Å². The molecular formula is C14H18ClN3S. The molecule has 19 heavy (non-hydrogen) atoms. The third-order valence-corrected chi connectivity index (χ3v) is 4.84. The van der Waals surface area contributed by atoms with Gasteiger partial charge in [-0.05, 0) is 37.3 Å². The van der Waals surface area contributed by atoms with Gasteiger partial charge in [-0.1, -0.05) is 31.4 Å². The Morgan fingerprint density at radius 3 is 3.00 bits per heavy atom.